The molecule has 3 aromatic carbocycles. The van der Waals surface area contributed by atoms with Gasteiger partial charge in [-0.25, -0.2) is 5.01 Å². The maximum Gasteiger partial charge on any atom is 0.0684 e. The maximum absolute atomic E-state index is 6.29. The van der Waals surface area contributed by atoms with Crippen LogP contribution in [0.3, 0.4) is 0 Å². The van der Waals surface area contributed by atoms with Crippen molar-refractivity contribution >= 4 is 40.8 Å². The van der Waals surface area contributed by atoms with Gasteiger partial charge in [0.15, 0.2) is 0 Å². The fraction of sp³-hybridized carbons (Fsp3) is 0.0952. The Bertz CT molecular complexity index is 903. The van der Waals surface area contributed by atoms with Crippen LogP contribution in [0.1, 0.15) is 16.7 Å². The van der Waals surface area contributed by atoms with Crippen LogP contribution in [0, 0.1) is 0 Å². The Balaban J connectivity index is 1.81. The molecule has 3 aromatic rings. The molecule has 0 unspecified atom stereocenters. The van der Waals surface area contributed by atoms with Crippen molar-refractivity contribution in [3.05, 3.63) is 93.5 Å². The minimum Gasteiger partial charge on any atom is -0.233 e. The summed E-state index contributed by atoms with van der Waals surface area (Å²) in [5.41, 5.74) is 5.63. The predicted octanol–water partition coefficient (Wildman–Crippen LogP) is 6.26. The van der Waals surface area contributed by atoms with Crippen molar-refractivity contribution in [2.75, 3.05) is 5.01 Å². The zero-order chi connectivity index (χ0) is 17.2. The second-order valence-electron chi connectivity index (χ2n) is 5.98. The number of nitrogens with zero attached hydrogens (tertiary/aromatic N) is 2. The monoisotopic (exact) mass is 366 g/mol. The zero-order valence-electron chi connectivity index (χ0n) is 13.5. The Kier molecular flexibility index (Phi) is 4.48. The molecule has 0 N–H and O–H groups in total. The average Bonchev–Trinajstić information content (AvgIpc) is 2.78. The lowest BCUT2D eigenvalue weighted by Gasteiger charge is -2.21. The number of hydrazone groups is 1. The first-order valence-corrected chi connectivity index (χ1v) is 8.93. The molecule has 4 heteroatoms. The highest BCUT2D eigenvalue weighted by atomic mass is 35.5. The first-order valence-electron chi connectivity index (χ1n) is 8.17. The van der Waals surface area contributed by atoms with E-state index in [0.717, 1.165) is 29.8 Å². The number of halogens is 2. The third kappa shape index (κ3) is 3.28. The summed E-state index contributed by atoms with van der Waals surface area (Å²) < 4.78 is 0. The van der Waals surface area contributed by atoms with Crippen LogP contribution in [0.5, 0.6) is 0 Å². The molecule has 0 saturated carbocycles. The number of rotatable bonds is 2. The van der Waals surface area contributed by atoms with Gasteiger partial charge in [0.05, 0.1) is 22.6 Å². The highest BCUT2D eigenvalue weighted by Gasteiger charge is 2.19. The van der Waals surface area contributed by atoms with Gasteiger partial charge in [-0.3, -0.25) is 0 Å². The van der Waals surface area contributed by atoms with E-state index in [-0.39, 0.29) is 0 Å². The van der Waals surface area contributed by atoms with Gasteiger partial charge < -0.3 is 0 Å². The third-order valence-electron chi connectivity index (χ3n) is 4.38. The quantitative estimate of drug-likeness (QED) is 0.488. The summed E-state index contributed by atoms with van der Waals surface area (Å²) in [6.07, 6.45) is 3.79. The Hall–Kier alpha value is -2.29. The molecular formula is C21H16Cl2N2. The van der Waals surface area contributed by atoms with E-state index < -0.39 is 0 Å². The second kappa shape index (κ2) is 6.91. The Morgan fingerprint density at radius 1 is 0.800 bits per heavy atom. The molecule has 2 nitrogen and oxygen atoms in total. The van der Waals surface area contributed by atoms with Crippen LogP contribution >= 0.6 is 23.2 Å². The molecule has 124 valence electrons. The van der Waals surface area contributed by atoms with Crippen molar-refractivity contribution in [2.45, 2.75) is 12.8 Å². The normalized spacial score (nSPS) is 13.4. The van der Waals surface area contributed by atoms with E-state index >= 15 is 0 Å². The third-order valence-corrected chi connectivity index (χ3v) is 4.94. The van der Waals surface area contributed by atoms with Crippen LogP contribution in [0.4, 0.5) is 11.4 Å². The van der Waals surface area contributed by atoms with Crippen molar-refractivity contribution in [2.24, 2.45) is 5.10 Å². The van der Waals surface area contributed by atoms with Crippen molar-refractivity contribution in [1.29, 1.82) is 0 Å². The molecule has 4 rings (SSSR count). The van der Waals surface area contributed by atoms with E-state index in [1.54, 1.807) is 12.3 Å². The van der Waals surface area contributed by atoms with Gasteiger partial charge in [-0.05, 0) is 48.2 Å². The Labute approximate surface area is 157 Å². The lowest BCUT2D eigenvalue weighted by atomic mass is 10.0. The van der Waals surface area contributed by atoms with Gasteiger partial charge in [0.25, 0.3) is 0 Å². The van der Waals surface area contributed by atoms with Crippen molar-refractivity contribution in [1.82, 2.24) is 0 Å². The maximum atomic E-state index is 6.29. The summed E-state index contributed by atoms with van der Waals surface area (Å²) in [4.78, 5) is 0. The minimum atomic E-state index is 0.590. The zero-order valence-corrected chi connectivity index (χ0v) is 15.0. The largest absolute Gasteiger partial charge is 0.233 e. The summed E-state index contributed by atoms with van der Waals surface area (Å²) in [7, 11) is 0. The average molecular weight is 367 g/mol. The van der Waals surface area contributed by atoms with Gasteiger partial charge in [0.2, 0.25) is 0 Å². The molecule has 1 aliphatic rings. The SMILES string of the molecule is Clc1ccc(/C=N/N2c3ccccc3CCc3ccccc32)c(Cl)c1. The van der Waals surface area contributed by atoms with Gasteiger partial charge in [-0.15, -0.1) is 0 Å². The van der Waals surface area contributed by atoms with E-state index in [9.17, 15) is 0 Å². The molecule has 1 heterocycles. The Morgan fingerprint density at radius 3 is 2.00 bits per heavy atom. The van der Waals surface area contributed by atoms with Crippen LogP contribution in [0.2, 0.25) is 10.0 Å². The molecular weight excluding hydrogens is 351 g/mol. The number of hydrogen-bond acceptors (Lipinski definition) is 2. The van der Waals surface area contributed by atoms with Crippen molar-refractivity contribution < 1.29 is 0 Å². The smallest absolute Gasteiger partial charge is 0.0684 e. The van der Waals surface area contributed by atoms with E-state index in [0.29, 0.717) is 10.0 Å². The molecule has 0 aromatic heterocycles. The first kappa shape index (κ1) is 16.2. The standard InChI is InChI=1S/C21H16Cl2N2/c22-18-12-11-17(19(23)13-18)14-24-25-20-7-3-1-5-15(20)9-10-16-6-2-4-8-21(16)25/h1-8,11-14H,9-10H2/b24-14+. The summed E-state index contributed by atoms with van der Waals surface area (Å²) in [6, 6.07) is 22.2. The molecule has 0 aliphatic carbocycles. The van der Waals surface area contributed by atoms with Crippen LogP contribution in [-0.2, 0) is 12.8 Å². The van der Waals surface area contributed by atoms with Crippen LogP contribution in [0.25, 0.3) is 0 Å². The highest BCUT2D eigenvalue weighted by molar-refractivity contribution is 6.36. The molecule has 0 radical (unpaired) electrons. The number of hydrogen-bond donors (Lipinski definition) is 0. The number of anilines is 2. The van der Waals surface area contributed by atoms with E-state index in [2.05, 4.69) is 36.4 Å². The van der Waals surface area contributed by atoms with Crippen LogP contribution in [-0.4, -0.2) is 6.21 Å². The van der Waals surface area contributed by atoms with Crippen LogP contribution in [0.15, 0.2) is 71.8 Å². The second-order valence-corrected chi connectivity index (χ2v) is 6.82. The topological polar surface area (TPSA) is 15.6 Å². The number of para-hydroxylation sites is 2. The fourth-order valence-corrected chi connectivity index (χ4v) is 3.56. The summed E-state index contributed by atoms with van der Waals surface area (Å²) in [6.45, 7) is 0. The summed E-state index contributed by atoms with van der Waals surface area (Å²) in [5.74, 6) is 0. The predicted molar refractivity (Wildman–Crippen MR) is 106 cm³/mol. The summed E-state index contributed by atoms with van der Waals surface area (Å²) in [5, 5.41) is 7.98. The minimum absolute atomic E-state index is 0.590. The molecule has 0 spiro atoms. The van der Waals surface area contributed by atoms with E-state index in [1.807, 2.05) is 29.3 Å². The van der Waals surface area contributed by atoms with Gasteiger partial charge in [-0.2, -0.15) is 5.10 Å². The lowest BCUT2D eigenvalue weighted by molar-refractivity contribution is 0.977. The Morgan fingerprint density at radius 2 is 1.40 bits per heavy atom. The summed E-state index contributed by atoms with van der Waals surface area (Å²) >= 11 is 12.3. The molecule has 0 fully saturated rings. The molecule has 0 amide bonds. The molecule has 25 heavy (non-hydrogen) atoms. The van der Waals surface area contributed by atoms with Gasteiger partial charge in [-0.1, -0.05) is 65.7 Å². The van der Waals surface area contributed by atoms with Crippen molar-refractivity contribution in [3.63, 3.8) is 0 Å². The molecule has 0 saturated heterocycles. The lowest BCUT2D eigenvalue weighted by Crippen LogP contribution is -2.11. The molecule has 1 aliphatic heterocycles. The van der Waals surface area contributed by atoms with Crippen LogP contribution < -0.4 is 5.01 Å². The van der Waals surface area contributed by atoms with Gasteiger partial charge in [0, 0.05) is 10.6 Å². The number of aryl methyl sites for hydroxylation is 2. The first-order chi connectivity index (χ1) is 12.2. The molecule has 0 atom stereocenters. The van der Waals surface area contributed by atoms with E-state index in [4.69, 9.17) is 28.3 Å². The highest BCUT2D eigenvalue weighted by Crippen LogP contribution is 2.36. The molecule has 0 bridgehead atoms. The van der Waals surface area contributed by atoms with E-state index in [1.165, 1.54) is 11.1 Å². The van der Waals surface area contributed by atoms with Gasteiger partial charge in [0.1, 0.15) is 0 Å². The number of fused-ring (bicyclic) bond motifs is 2. The van der Waals surface area contributed by atoms with Crippen molar-refractivity contribution in [3.8, 4) is 0 Å². The van der Waals surface area contributed by atoms with Gasteiger partial charge >= 0.3 is 0 Å². The fourth-order valence-electron chi connectivity index (χ4n) is 3.11. The number of benzene rings is 3.